The van der Waals surface area contributed by atoms with E-state index in [0.29, 0.717) is 18.7 Å². The maximum absolute atomic E-state index is 12.8. The van der Waals surface area contributed by atoms with Crippen LogP contribution in [0.5, 0.6) is 5.75 Å². The van der Waals surface area contributed by atoms with Crippen molar-refractivity contribution in [2.75, 3.05) is 26.0 Å². The molecule has 1 aromatic rings. The molecule has 2 heterocycles. The van der Waals surface area contributed by atoms with E-state index in [4.69, 9.17) is 4.74 Å². The molecule has 0 unspecified atom stereocenters. The summed E-state index contributed by atoms with van der Waals surface area (Å²) in [5.74, 6) is 0.829. The van der Waals surface area contributed by atoms with Gasteiger partial charge >= 0.3 is 0 Å². The number of amides is 1. The van der Waals surface area contributed by atoms with Gasteiger partial charge in [0.2, 0.25) is 10.0 Å². The summed E-state index contributed by atoms with van der Waals surface area (Å²) in [4.78, 5) is 14.6. The van der Waals surface area contributed by atoms with Gasteiger partial charge in [0.1, 0.15) is 5.75 Å². The van der Waals surface area contributed by atoms with Crippen molar-refractivity contribution < 1.29 is 17.9 Å². The Balaban J connectivity index is 1.75. The van der Waals surface area contributed by atoms with Crippen LogP contribution in [0.1, 0.15) is 35.2 Å². The Morgan fingerprint density at radius 1 is 1.39 bits per heavy atom. The Morgan fingerprint density at radius 2 is 2.22 bits per heavy atom. The number of carbonyl (C=O) groups excluding carboxylic acids is 1. The zero-order valence-corrected chi connectivity index (χ0v) is 14.1. The van der Waals surface area contributed by atoms with E-state index >= 15 is 0 Å². The van der Waals surface area contributed by atoms with Crippen molar-refractivity contribution in [3.05, 3.63) is 29.3 Å². The number of fused-ring (bicyclic) bond motifs is 1. The number of hydrogen-bond acceptors (Lipinski definition) is 4. The van der Waals surface area contributed by atoms with Crippen molar-refractivity contribution >= 4 is 15.9 Å². The molecule has 1 fully saturated rings. The first-order valence-electron chi connectivity index (χ1n) is 7.95. The third-order valence-corrected chi connectivity index (χ3v) is 5.10. The van der Waals surface area contributed by atoms with Gasteiger partial charge in [0.15, 0.2) is 0 Å². The Kier molecular flexibility index (Phi) is 4.59. The summed E-state index contributed by atoms with van der Waals surface area (Å²) in [6.07, 6.45) is 4.76. The Hall–Kier alpha value is -1.60. The van der Waals surface area contributed by atoms with Gasteiger partial charge in [0, 0.05) is 31.1 Å². The van der Waals surface area contributed by atoms with Crippen molar-refractivity contribution in [3.8, 4) is 5.75 Å². The van der Waals surface area contributed by atoms with Gasteiger partial charge in [-0.1, -0.05) is 0 Å². The van der Waals surface area contributed by atoms with Crippen LogP contribution in [0.3, 0.4) is 0 Å². The van der Waals surface area contributed by atoms with E-state index in [1.165, 1.54) is 0 Å². The van der Waals surface area contributed by atoms with E-state index in [9.17, 15) is 13.2 Å². The Bertz CT molecular complexity index is 702. The lowest BCUT2D eigenvalue weighted by molar-refractivity contribution is 0.0618. The molecule has 1 N–H and O–H groups in total. The van der Waals surface area contributed by atoms with Gasteiger partial charge in [0.25, 0.3) is 5.91 Å². The van der Waals surface area contributed by atoms with Gasteiger partial charge in [-0.25, -0.2) is 13.1 Å². The Labute approximate surface area is 136 Å². The minimum atomic E-state index is -3.25. The molecule has 0 aromatic heterocycles. The summed E-state index contributed by atoms with van der Waals surface area (Å²) in [6, 6.07) is 5.46. The van der Waals surface area contributed by atoms with Gasteiger partial charge in [-0.15, -0.1) is 0 Å². The maximum atomic E-state index is 12.8. The van der Waals surface area contributed by atoms with Crippen LogP contribution in [0.15, 0.2) is 18.2 Å². The third kappa shape index (κ3) is 3.84. The van der Waals surface area contributed by atoms with Crippen molar-refractivity contribution in [2.24, 2.45) is 0 Å². The molecule has 6 nitrogen and oxygen atoms in total. The number of sulfonamides is 1. The van der Waals surface area contributed by atoms with Crippen LogP contribution in [0.25, 0.3) is 0 Å². The normalized spacial score (nSPS) is 20.9. The van der Waals surface area contributed by atoms with Crippen molar-refractivity contribution in [1.29, 1.82) is 0 Å². The van der Waals surface area contributed by atoms with E-state index in [1.54, 1.807) is 11.0 Å². The number of nitrogens with one attached hydrogen (secondary N) is 1. The van der Waals surface area contributed by atoms with E-state index < -0.39 is 10.0 Å². The lowest BCUT2D eigenvalue weighted by Gasteiger charge is -2.36. The molecule has 23 heavy (non-hydrogen) atoms. The zero-order chi connectivity index (χ0) is 16.4. The highest BCUT2D eigenvalue weighted by Crippen LogP contribution is 2.27. The highest BCUT2D eigenvalue weighted by molar-refractivity contribution is 7.88. The zero-order valence-electron chi connectivity index (χ0n) is 13.2. The molecule has 0 radical (unpaired) electrons. The number of likely N-dealkylation sites (tertiary alicyclic amines) is 1. The minimum absolute atomic E-state index is 0.0281. The second kappa shape index (κ2) is 6.49. The number of hydrogen-bond donors (Lipinski definition) is 1. The molecule has 1 saturated heterocycles. The fourth-order valence-corrected chi connectivity index (χ4v) is 3.71. The standard InChI is InChI=1S/C16H22N2O4S/c1-23(20,21)17-11-14-4-2-3-8-18(14)16(19)13-5-6-15-12(10-13)7-9-22-15/h5-6,10,14,17H,2-4,7-9,11H2,1H3/t14-/m1/s1. The molecule has 0 saturated carbocycles. The summed E-state index contributed by atoms with van der Waals surface area (Å²) in [5.41, 5.74) is 1.72. The molecule has 2 aliphatic heterocycles. The average molecular weight is 338 g/mol. The molecule has 1 aromatic carbocycles. The van der Waals surface area contributed by atoms with Gasteiger partial charge in [-0.2, -0.15) is 0 Å². The molecule has 2 aliphatic rings. The van der Waals surface area contributed by atoms with Gasteiger partial charge in [-0.3, -0.25) is 4.79 Å². The smallest absolute Gasteiger partial charge is 0.254 e. The summed E-state index contributed by atoms with van der Waals surface area (Å²) >= 11 is 0. The van der Waals surface area contributed by atoms with Crippen molar-refractivity contribution in [3.63, 3.8) is 0 Å². The van der Waals surface area contributed by atoms with Crippen LogP contribution in [0, 0.1) is 0 Å². The summed E-state index contributed by atoms with van der Waals surface area (Å²) in [7, 11) is -3.25. The highest BCUT2D eigenvalue weighted by atomic mass is 32.2. The molecule has 126 valence electrons. The number of rotatable bonds is 4. The van der Waals surface area contributed by atoms with Gasteiger partial charge in [0.05, 0.1) is 12.9 Å². The largest absolute Gasteiger partial charge is 0.493 e. The molecule has 0 spiro atoms. The first-order chi connectivity index (χ1) is 10.9. The van der Waals surface area contributed by atoms with Crippen LogP contribution in [-0.4, -0.2) is 51.2 Å². The monoisotopic (exact) mass is 338 g/mol. The quantitative estimate of drug-likeness (QED) is 0.894. The average Bonchev–Trinajstić information content (AvgIpc) is 2.99. The van der Waals surface area contributed by atoms with Gasteiger partial charge < -0.3 is 9.64 Å². The number of piperidine rings is 1. The van der Waals surface area contributed by atoms with Crippen LogP contribution < -0.4 is 9.46 Å². The topological polar surface area (TPSA) is 75.7 Å². The van der Waals surface area contributed by atoms with E-state index in [0.717, 1.165) is 43.3 Å². The lowest BCUT2D eigenvalue weighted by Crippen LogP contribution is -2.49. The van der Waals surface area contributed by atoms with Crippen LogP contribution in [0.2, 0.25) is 0 Å². The third-order valence-electron chi connectivity index (χ3n) is 4.41. The molecule has 3 rings (SSSR count). The van der Waals surface area contributed by atoms with E-state index in [-0.39, 0.29) is 18.5 Å². The van der Waals surface area contributed by atoms with Crippen LogP contribution in [-0.2, 0) is 16.4 Å². The molecule has 1 amide bonds. The molecule has 7 heteroatoms. The predicted molar refractivity (Wildman–Crippen MR) is 87.2 cm³/mol. The van der Waals surface area contributed by atoms with E-state index in [2.05, 4.69) is 4.72 Å². The number of carbonyl (C=O) groups is 1. The highest BCUT2D eigenvalue weighted by Gasteiger charge is 2.28. The van der Waals surface area contributed by atoms with Gasteiger partial charge in [-0.05, 0) is 43.0 Å². The lowest BCUT2D eigenvalue weighted by atomic mass is 10.00. The first-order valence-corrected chi connectivity index (χ1v) is 9.84. The maximum Gasteiger partial charge on any atom is 0.254 e. The predicted octanol–water partition coefficient (Wildman–Crippen LogP) is 1.17. The molecule has 1 atom stereocenters. The Morgan fingerprint density at radius 3 is 3.00 bits per heavy atom. The summed E-state index contributed by atoms with van der Waals surface area (Å²) < 4.78 is 30.6. The van der Waals surface area contributed by atoms with Crippen LogP contribution in [0.4, 0.5) is 0 Å². The fourth-order valence-electron chi connectivity index (χ4n) is 3.21. The fraction of sp³-hybridized carbons (Fsp3) is 0.562. The molecule has 0 bridgehead atoms. The van der Waals surface area contributed by atoms with Crippen molar-refractivity contribution in [2.45, 2.75) is 31.7 Å². The molecule has 0 aliphatic carbocycles. The van der Waals surface area contributed by atoms with E-state index in [1.807, 2.05) is 12.1 Å². The second-order valence-corrected chi connectivity index (χ2v) is 8.02. The SMILES string of the molecule is CS(=O)(=O)NC[C@H]1CCCCN1C(=O)c1ccc2c(c1)CCO2. The van der Waals surface area contributed by atoms with Crippen molar-refractivity contribution in [1.82, 2.24) is 9.62 Å². The minimum Gasteiger partial charge on any atom is -0.493 e. The molecular weight excluding hydrogens is 316 g/mol. The number of ether oxygens (including phenoxy) is 1. The first kappa shape index (κ1) is 16.3. The number of nitrogens with zero attached hydrogens (tertiary/aromatic N) is 1. The summed E-state index contributed by atoms with van der Waals surface area (Å²) in [5, 5.41) is 0. The second-order valence-electron chi connectivity index (χ2n) is 6.19. The van der Waals surface area contributed by atoms with Crippen LogP contribution >= 0.6 is 0 Å². The molecular formula is C16H22N2O4S. The summed E-state index contributed by atoms with van der Waals surface area (Å²) in [6.45, 7) is 1.61. The number of benzene rings is 1.